The van der Waals surface area contributed by atoms with Crippen LogP contribution >= 0.6 is 0 Å². The van der Waals surface area contributed by atoms with Crippen LogP contribution in [0, 0.1) is 0 Å². The van der Waals surface area contributed by atoms with Crippen LogP contribution in [-0.2, 0) is 11.3 Å². The zero-order chi connectivity index (χ0) is 10.8. The van der Waals surface area contributed by atoms with Gasteiger partial charge in [-0.1, -0.05) is 0 Å². The molecule has 0 fully saturated rings. The average molecular weight is 198 g/mol. The van der Waals surface area contributed by atoms with Gasteiger partial charge in [-0.2, -0.15) is 0 Å². The summed E-state index contributed by atoms with van der Waals surface area (Å²) < 4.78 is 6.29. The number of carbonyl (C=O) groups is 1. The Kier molecular flexibility index (Phi) is 2.90. The zero-order valence-electron chi connectivity index (χ0n) is 8.52. The topological polar surface area (TPSA) is 64.4 Å². The molecule has 0 aliphatic rings. The van der Waals surface area contributed by atoms with Crippen molar-refractivity contribution in [1.29, 1.82) is 0 Å². The minimum absolute atomic E-state index is 0.185. The van der Waals surface area contributed by atoms with Gasteiger partial charge in [-0.25, -0.2) is 14.3 Å². The van der Waals surface area contributed by atoms with Crippen molar-refractivity contribution in [3.8, 4) is 0 Å². The van der Waals surface area contributed by atoms with E-state index in [2.05, 4.69) is 4.98 Å². The zero-order valence-corrected chi connectivity index (χ0v) is 8.52. The molecule has 1 rings (SSSR count). The van der Waals surface area contributed by atoms with Gasteiger partial charge in [0, 0.05) is 6.20 Å². The van der Waals surface area contributed by atoms with E-state index in [0.717, 1.165) is 0 Å². The van der Waals surface area contributed by atoms with Crippen LogP contribution < -0.4 is 0 Å². The van der Waals surface area contributed by atoms with Crippen LogP contribution in [0.25, 0.3) is 0 Å². The number of imidazole rings is 1. The lowest BCUT2D eigenvalue weighted by Crippen LogP contribution is -2.26. The SMILES string of the molecule is CC(C)(C)OC(=O)n1cnc(CO)c1. The second-order valence-electron chi connectivity index (χ2n) is 3.91. The number of hydrogen-bond donors (Lipinski definition) is 1. The number of aliphatic hydroxyl groups is 1. The molecule has 0 saturated carbocycles. The van der Waals surface area contributed by atoms with Crippen molar-refractivity contribution in [2.75, 3.05) is 0 Å². The third kappa shape index (κ3) is 2.85. The van der Waals surface area contributed by atoms with E-state index in [0.29, 0.717) is 5.69 Å². The quantitative estimate of drug-likeness (QED) is 0.735. The summed E-state index contributed by atoms with van der Waals surface area (Å²) in [5, 5.41) is 8.74. The molecule has 1 N–H and O–H groups in total. The van der Waals surface area contributed by atoms with Crippen molar-refractivity contribution in [1.82, 2.24) is 9.55 Å². The van der Waals surface area contributed by atoms with Crippen LogP contribution in [0.1, 0.15) is 26.5 Å². The molecule has 0 bridgehead atoms. The molecule has 0 unspecified atom stereocenters. The number of carbonyl (C=O) groups excluding carboxylic acids is 1. The molecule has 0 radical (unpaired) electrons. The van der Waals surface area contributed by atoms with Crippen molar-refractivity contribution in [2.45, 2.75) is 33.0 Å². The number of rotatable bonds is 1. The van der Waals surface area contributed by atoms with E-state index in [1.165, 1.54) is 17.1 Å². The van der Waals surface area contributed by atoms with Crippen molar-refractivity contribution in [3.63, 3.8) is 0 Å². The van der Waals surface area contributed by atoms with Gasteiger partial charge in [0.2, 0.25) is 0 Å². The molecule has 1 aromatic heterocycles. The van der Waals surface area contributed by atoms with Gasteiger partial charge in [-0.05, 0) is 20.8 Å². The van der Waals surface area contributed by atoms with Gasteiger partial charge >= 0.3 is 6.09 Å². The van der Waals surface area contributed by atoms with Crippen LogP contribution in [-0.4, -0.2) is 26.4 Å². The number of hydrogen-bond acceptors (Lipinski definition) is 4. The maximum atomic E-state index is 11.4. The van der Waals surface area contributed by atoms with E-state index in [1.54, 1.807) is 20.8 Å². The highest BCUT2D eigenvalue weighted by Crippen LogP contribution is 2.09. The number of aromatic nitrogens is 2. The summed E-state index contributed by atoms with van der Waals surface area (Å²) in [4.78, 5) is 15.2. The Hall–Kier alpha value is -1.36. The minimum Gasteiger partial charge on any atom is -0.443 e. The summed E-state index contributed by atoms with van der Waals surface area (Å²) in [6.45, 7) is 5.17. The molecular formula is C9H14N2O3. The predicted octanol–water partition coefficient (Wildman–Crippen LogP) is 1.16. The van der Waals surface area contributed by atoms with Crippen LogP contribution in [0.4, 0.5) is 4.79 Å². The Labute approximate surface area is 82.3 Å². The molecule has 1 heterocycles. The molecule has 0 spiro atoms. The lowest BCUT2D eigenvalue weighted by molar-refractivity contribution is 0.0536. The Bertz CT molecular complexity index is 325. The fourth-order valence-electron chi connectivity index (χ4n) is 0.860. The molecule has 5 heteroatoms. The predicted molar refractivity (Wildman–Crippen MR) is 49.8 cm³/mol. The summed E-state index contributed by atoms with van der Waals surface area (Å²) in [5.74, 6) is 0. The minimum atomic E-state index is -0.527. The molecule has 1 aromatic rings. The highest BCUT2D eigenvalue weighted by atomic mass is 16.6. The largest absolute Gasteiger partial charge is 0.443 e. The molecule has 78 valence electrons. The van der Waals surface area contributed by atoms with Crippen LogP contribution in [0.2, 0.25) is 0 Å². The van der Waals surface area contributed by atoms with Gasteiger partial charge in [0.1, 0.15) is 11.9 Å². The first-order valence-electron chi connectivity index (χ1n) is 4.29. The molecule has 5 nitrogen and oxygen atoms in total. The Morgan fingerprint density at radius 2 is 2.29 bits per heavy atom. The van der Waals surface area contributed by atoms with Gasteiger partial charge in [-0.15, -0.1) is 0 Å². The van der Waals surface area contributed by atoms with Gasteiger partial charge < -0.3 is 9.84 Å². The maximum absolute atomic E-state index is 11.4. The van der Waals surface area contributed by atoms with Gasteiger partial charge in [0.05, 0.1) is 12.3 Å². The summed E-state index contributed by atoms with van der Waals surface area (Å²) in [7, 11) is 0. The normalized spacial score (nSPS) is 11.4. The molecule has 0 aliphatic heterocycles. The first-order valence-corrected chi connectivity index (χ1v) is 4.29. The van der Waals surface area contributed by atoms with E-state index in [-0.39, 0.29) is 6.61 Å². The lowest BCUT2D eigenvalue weighted by atomic mass is 10.2. The molecule has 0 atom stereocenters. The van der Waals surface area contributed by atoms with Crippen LogP contribution in [0.5, 0.6) is 0 Å². The molecular weight excluding hydrogens is 184 g/mol. The number of aliphatic hydroxyl groups excluding tert-OH is 1. The lowest BCUT2D eigenvalue weighted by Gasteiger charge is -2.18. The van der Waals surface area contributed by atoms with Crippen LogP contribution in [0.15, 0.2) is 12.5 Å². The standard InChI is InChI=1S/C9H14N2O3/c1-9(2,3)14-8(13)11-4-7(5-12)10-6-11/h4,6,12H,5H2,1-3H3. The third-order valence-electron chi connectivity index (χ3n) is 1.40. The van der Waals surface area contributed by atoms with Gasteiger partial charge in [0.15, 0.2) is 0 Å². The second kappa shape index (κ2) is 3.79. The summed E-state index contributed by atoms with van der Waals surface area (Å²) in [6.07, 6.45) is 2.26. The molecule has 0 aliphatic carbocycles. The van der Waals surface area contributed by atoms with E-state index in [1.807, 2.05) is 0 Å². The highest BCUT2D eigenvalue weighted by molar-refractivity contribution is 5.70. The maximum Gasteiger partial charge on any atom is 0.419 e. The van der Waals surface area contributed by atoms with Crippen molar-refractivity contribution < 1.29 is 14.6 Å². The molecule has 0 saturated heterocycles. The van der Waals surface area contributed by atoms with E-state index < -0.39 is 11.7 Å². The van der Waals surface area contributed by atoms with Gasteiger partial charge in [0.25, 0.3) is 0 Å². The number of nitrogens with zero attached hydrogens (tertiary/aromatic N) is 2. The second-order valence-corrected chi connectivity index (χ2v) is 3.91. The summed E-state index contributed by atoms with van der Waals surface area (Å²) in [5.41, 5.74) is -0.0864. The van der Waals surface area contributed by atoms with Crippen molar-refractivity contribution in [3.05, 3.63) is 18.2 Å². The fraction of sp³-hybridized carbons (Fsp3) is 0.556. The van der Waals surface area contributed by atoms with E-state index in [4.69, 9.17) is 9.84 Å². The summed E-state index contributed by atoms with van der Waals surface area (Å²) in [6, 6.07) is 0. The van der Waals surface area contributed by atoms with Crippen molar-refractivity contribution >= 4 is 6.09 Å². The van der Waals surface area contributed by atoms with E-state index >= 15 is 0 Å². The molecule has 14 heavy (non-hydrogen) atoms. The van der Waals surface area contributed by atoms with Crippen LogP contribution in [0.3, 0.4) is 0 Å². The molecule has 0 aromatic carbocycles. The Morgan fingerprint density at radius 3 is 2.71 bits per heavy atom. The number of ether oxygens (including phenoxy) is 1. The molecule has 0 amide bonds. The first-order chi connectivity index (χ1) is 6.42. The fourth-order valence-corrected chi connectivity index (χ4v) is 0.860. The monoisotopic (exact) mass is 198 g/mol. The Balaban J connectivity index is 2.70. The van der Waals surface area contributed by atoms with E-state index in [9.17, 15) is 4.79 Å². The first kappa shape index (κ1) is 10.7. The highest BCUT2D eigenvalue weighted by Gasteiger charge is 2.17. The summed E-state index contributed by atoms with van der Waals surface area (Å²) >= 11 is 0. The smallest absolute Gasteiger partial charge is 0.419 e. The Morgan fingerprint density at radius 1 is 1.64 bits per heavy atom. The van der Waals surface area contributed by atoms with Crippen molar-refractivity contribution in [2.24, 2.45) is 0 Å². The average Bonchev–Trinajstić information content (AvgIpc) is 2.48. The third-order valence-corrected chi connectivity index (χ3v) is 1.40. The van der Waals surface area contributed by atoms with Gasteiger partial charge in [-0.3, -0.25) is 0 Å².